The molecule has 0 atom stereocenters. The minimum atomic E-state index is 0.331. The van der Waals surface area contributed by atoms with Crippen molar-refractivity contribution in [3.63, 3.8) is 0 Å². The summed E-state index contributed by atoms with van der Waals surface area (Å²) in [6.45, 7) is 0.331. The van der Waals surface area contributed by atoms with Crippen LogP contribution in [0.1, 0.15) is 11.3 Å². The number of fused-ring (bicyclic) bond motifs is 4. The lowest BCUT2D eigenvalue weighted by atomic mass is 9.88. The van der Waals surface area contributed by atoms with E-state index in [-0.39, 0.29) is 0 Å². The predicted octanol–water partition coefficient (Wildman–Crippen LogP) is 2.58. The standard InChI is InChI=1S/C14H11NO2/c1-2-10-11-7-14-13(16-8-17-14)6-9(11)3-4-12(10)15-5-1/h1-2,5-7H,3-4,8H2. The number of aryl methyl sites for hydroxylation is 2. The fourth-order valence-electron chi connectivity index (χ4n) is 2.58. The van der Waals surface area contributed by atoms with E-state index < -0.39 is 0 Å². The van der Waals surface area contributed by atoms with Crippen LogP contribution in [0, 0.1) is 0 Å². The van der Waals surface area contributed by atoms with Gasteiger partial charge >= 0.3 is 0 Å². The fourth-order valence-corrected chi connectivity index (χ4v) is 2.58. The highest BCUT2D eigenvalue weighted by Gasteiger charge is 2.22. The van der Waals surface area contributed by atoms with Gasteiger partial charge in [-0.1, -0.05) is 6.07 Å². The zero-order valence-electron chi connectivity index (χ0n) is 9.27. The first-order chi connectivity index (χ1) is 8.42. The smallest absolute Gasteiger partial charge is 0.231 e. The number of hydrogen-bond acceptors (Lipinski definition) is 3. The molecule has 1 aromatic heterocycles. The maximum atomic E-state index is 5.44. The van der Waals surface area contributed by atoms with Crippen LogP contribution in [0.25, 0.3) is 11.1 Å². The van der Waals surface area contributed by atoms with Gasteiger partial charge in [-0.2, -0.15) is 0 Å². The molecule has 0 N–H and O–H groups in total. The van der Waals surface area contributed by atoms with E-state index in [4.69, 9.17) is 9.47 Å². The summed E-state index contributed by atoms with van der Waals surface area (Å²) >= 11 is 0. The van der Waals surface area contributed by atoms with Gasteiger partial charge in [0.1, 0.15) is 0 Å². The first kappa shape index (κ1) is 9.05. The largest absolute Gasteiger partial charge is 0.454 e. The molecule has 0 unspecified atom stereocenters. The number of benzene rings is 1. The zero-order valence-corrected chi connectivity index (χ0v) is 9.27. The van der Waals surface area contributed by atoms with E-state index in [0.29, 0.717) is 6.79 Å². The number of ether oxygens (including phenoxy) is 2. The predicted molar refractivity (Wildman–Crippen MR) is 63.2 cm³/mol. The third kappa shape index (κ3) is 1.25. The Kier molecular flexibility index (Phi) is 1.72. The molecule has 1 aliphatic carbocycles. The van der Waals surface area contributed by atoms with Gasteiger partial charge in [0.25, 0.3) is 0 Å². The van der Waals surface area contributed by atoms with Crippen molar-refractivity contribution in [2.45, 2.75) is 12.8 Å². The van der Waals surface area contributed by atoms with Gasteiger partial charge in [-0.25, -0.2) is 0 Å². The van der Waals surface area contributed by atoms with Crippen LogP contribution in [0.2, 0.25) is 0 Å². The summed E-state index contributed by atoms with van der Waals surface area (Å²) in [4.78, 5) is 4.44. The maximum absolute atomic E-state index is 5.44. The molecule has 0 amide bonds. The second-order valence-electron chi connectivity index (χ2n) is 4.36. The van der Waals surface area contributed by atoms with Crippen molar-refractivity contribution in [3.05, 3.63) is 41.7 Å². The van der Waals surface area contributed by atoms with Crippen LogP contribution in [0.5, 0.6) is 11.5 Å². The molecule has 0 radical (unpaired) electrons. The highest BCUT2D eigenvalue weighted by atomic mass is 16.7. The van der Waals surface area contributed by atoms with Crippen LogP contribution in [-0.2, 0) is 12.8 Å². The third-order valence-corrected chi connectivity index (χ3v) is 3.41. The van der Waals surface area contributed by atoms with Crippen LogP contribution in [0.4, 0.5) is 0 Å². The van der Waals surface area contributed by atoms with Gasteiger partial charge in [-0.15, -0.1) is 0 Å². The lowest BCUT2D eigenvalue weighted by molar-refractivity contribution is 0.174. The summed E-state index contributed by atoms with van der Waals surface area (Å²) in [6.07, 6.45) is 3.88. The molecule has 0 saturated heterocycles. The molecule has 2 heterocycles. The molecule has 4 rings (SSSR count). The SMILES string of the molecule is c1cnc2c(c1)-c1cc3c(cc1CC2)OCO3. The molecular formula is C14H11NO2. The lowest BCUT2D eigenvalue weighted by Crippen LogP contribution is -2.05. The Labute approximate surface area is 99.0 Å². The zero-order chi connectivity index (χ0) is 11.2. The van der Waals surface area contributed by atoms with Crippen LogP contribution in [-0.4, -0.2) is 11.8 Å². The molecule has 0 fully saturated rings. The van der Waals surface area contributed by atoms with Gasteiger partial charge < -0.3 is 9.47 Å². The van der Waals surface area contributed by atoms with Crippen molar-refractivity contribution in [2.75, 3.05) is 6.79 Å². The molecule has 1 aromatic carbocycles. The van der Waals surface area contributed by atoms with Gasteiger partial charge in [0, 0.05) is 17.5 Å². The Balaban J connectivity index is 1.98. The highest BCUT2D eigenvalue weighted by molar-refractivity contribution is 5.75. The minimum Gasteiger partial charge on any atom is -0.454 e. The number of rotatable bonds is 0. The summed E-state index contributed by atoms with van der Waals surface area (Å²) in [6, 6.07) is 8.30. The third-order valence-electron chi connectivity index (χ3n) is 3.41. The fraction of sp³-hybridized carbons (Fsp3) is 0.214. The molecule has 3 heteroatoms. The first-order valence-corrected chi connectivity index (χ1v) is 5.78. The number of aromatic nitrogens is 1. The van der Waals surface area contributed by atoms with E-state index >= 15 is 0 Å². The molecular weight excluding hydrogens is 214 g/mol. The van der Waals surface area contributed by atoms with Crippen molar-refractivity contribution in [3.8, 4) is 22.6 Å². The quantitative estimate of drug-likeness (QED) is 0.690. The van der Waals surface area contributed by atoms with Gasteiger partial charge in [-0.05, 0) is 42.2 Å². The van der Waals surface area contributed by atoms with Crippen LogP contribution in [0.15, 0.2) is 30.5 Å². The summed E-state index contributed by atoms with van der Waals surface area (Å²) in [5.74, 6) is 1.72. The lowest BCUT2D eigenvalue weighted by Gasteiger charge is -2.19. The molecule has 1 aliphatic heterocycles. The second kappa shape index (κ2) is 3.23. The summed E-state index contributed by atoms with van der Waals surface area (Å²) < 4.78 is 10.9. The van der Waals surface area contributed by atoms with Gasteiger partial charge in [-0.3, -0.25) is 4.98 Å². The monoisotopic (exact) mass is 225 g/mol. The van der Waals surface area contributed by atoms with Crippen LogP contribution < -0.4 is 9.47 Å². The van der Waals surface area contributed by atoms with Crippen molar-refractivity contribution < 1.29 is 9.47 Å². The number of hydrogen-bond donors (Lipinski definition) is 0. The molecule has 2 aliphatic rings. The first-order valence-electron chi connectivity index (χ1n) is 5.78. The van der Waals surface area contributed by atoms with E-state index in [1.165, 1.54) is 22.4 Å². The van der Waals surface area contributed by atoms with E-state index in [1.54, 1.807) is 0 Å². The Bertz CT molecular complexity index is 607. The summed E-state index contributed by atoms with van der Waals surface area (Å²) in [5, 5.41) is 0. The van der Waals surface area contributed by atoms with Gasteiger partial charge in [0.05, 0.1) is 0 Å². The highest BCUT2D eigenvalue weighted by Crippen LogP contribution is 2.41. The van der Waals surface area contributed by atoms with E-state index in [0.717, 1.165) is 24.3 Å². The molecule has 84 valence electrons. The number of pyridine rings is 1. The Morgan fingerprint density at radius 2 is 1.88 bits per heavy atom. The number of nitrogens with zero attached hydrogens (tertiary/aromatic N) is 1. The average molecular weight is 225 g/mol. The van der Waals surface area contributed by atoms with E-state index in [9.17, 15) is 0 Å². The van der Waals surface area contributed by atoms with E-state index in [1.807, 2.05) is 12.3 Å². The molecule has 0 saturated carbocycles. The Hall–Kier alpha value is -2.03. The van der Waals surface area contributed by atoms with Crippen LogP contribution in [0.3, 0.4) is 0 Å². The average Bonchev–Trinajstić information content (AvgIpc) is 2.83. The van der Waals surface area contributed by atoms with Crippen molar-refractivity contribution >= 4 is 0 Å². The van der Waals surface area contributed by atoms with Crippen molar-refractivity contribution in [1.29, 1.82) is 0 Å². The Morgan fingerprint density at radius 3 is 2.82 bits per heavy atom. The second-order valence-corrected chi connectivity index (χ2v) is 4.36. The van der Waals surface area contributed by atoms with Crippen molar-refractivity contribution in [2.24, 2.45) is 0 Å². The topological polar surface area (TPSA) is 31.4 Å². The van der Waals surface area contributed by atoms with Crippen LogP contribution >= 0.6 is 0 Å². The minimum absolute atomic E-state index is 0.331. The van der Waals surface area contributed by atoms with Gasteiger partial charge in [0.15, 0.2) is 11.5 Å². The maximum Gasteiger partial charge on any atom is 0.231 e. The van der Waals surface area contributed by atoms with Crippen molar-refractivity contribution in [1.82, 2.24) is 4.98 Å². The normalized spacial score (nSPS) is 15.3. The molecule has 0 bridgehead atoms. The molecule has 17 heavy (non-hydrogen) atoms. The molecule has 0 spiro atoms. The molecule has 3 nitrogen and oxygen atoms in total. The summed E-state index contributed by atoms with van der Waals surface area (Å²) in [7, 11) is 0. The van der Waals surface area contributed by atoms with Gasteiger partial charge in [0.2, 0.25) is 6.79 Å². The Morgan fingerprint density at radius 1 is 1.00 bits per heavy atom. The molecule has 2 aromatic rings. The van der Waals surface area contributed by atoms with E-state index in [2.05, 4.69) is 23.2 Å². The summed E-state index contributed by atoms with van der Waals surface area (Å²) in [5.41, 5.74) is 4.98.